The molecule has 0 saturated carbocycles. The standard InChI is InChI=1S/C13H18N2O.ClH/c1-9-7-11(15-13(9)14)8-10-3-5-12(16-2)6-4-10;/h3-6,9,11H,7-8H2,1-2H3,(H2,14,15);1H/t9-,11+;/m0./s1. The molecule has 4 heteroatoms. The summed E-state index contributed by atoms with van der Waals surface area (Å²) < 4.78 is 5.13. The first-order valence-electron chi connectivity index (χ1n) is 5.65. The van der Waals surface area contributed by atoms with Crippen LogP contribution in [0.5, 0.6) is 5.75 Å². The summed E-state index contributed by atoms with van der Waals surface area (Å²) in [5.41, 5.74) is 7.09. The molecule has 2 rings (SSSR count). The zero-order valence-corrected chi connectivity index (χ0v) is 11.0. The largest absolute Gasteiger partial charge is 0.497 e. The highest BCUT2D eigenvalue weighted by Gasteiger charge is 2.22. The minimum absolute atomic E-state index is 0. The van der Waals surface area contributed by atoms with Crippen molar-refractivity contribution in [2.45, 2.75) is 25.8 Å². The third-order valence-corrected chi connectivity index (χ3v) is 3.09. The van der Waals surface area contributed by atoms with Crippen LogP contribution in [0.3, 0.4) is 0 Å². The van der Waals surface area contributed by atoms with E-state index in [1.165, 1.54) is 5.56 Å². The van der Waals surface area contributed by atoms with Gasteiger partial charge < -0.3 is 10.5 Å². The Hall–Kier alpha value is -1.22. The highest BCUT2D eigenvalue weighted by molar-refractivity contribution is 5.85. The number of nitrogens with zero attached hydrogens (tertiary/aromatic N) is 1. The van der Waals surface area contributed by atoms with Crippen LogP contribution in [0.25, 0.3) is 0 Å². The van der Waals surface area contributed by atoms with Crippen molar-refractivity contribution in [2.24, 2.45) is 16.6 Å². The molecule has 1 aliphatic heterocycles. The van der Waals surface area contributed by atoms with Gasteiger partial charge in [0.2, 0.25) is 0 Å². The quantitative estimate of drug-likeness (QED) is 0.901. The van der Waals surface area contributed by atoms with Crippen LogP contribution >= 0.6 is 12.4 Å². The van der Waals surface area contributed by atoms with Crippen LogP contribution in [-0.2, 0) is 6.42 Å². The second-order valence-corrected chi connectivity index (χ2v) is 4.40. The van der Waals surface area contributed by atoms with Gasteiger partial charge in [-0.2, -0.15) is 0 Å². The van der Waals surface area contributed by atoms with E-state index in [1.54, 1.807) is 7.11 Å². The molecule has 1 aliphatic rings. The highest BCUT2D eigenvalue weighted by Crippen LogP contribution is 2.22. The smallest absolute Gasteiger partial charge is 0.118 e. The molecule has 0 aromatic heterocycles. The Morgan fingerprint density at radius 2 is 2.00 bits per heavy atom. The Balaban J connectivity index is 0.00000144. The van der Waals surface area contributed by atoms with Crippen LogP contribution in [0.4, 0.5) is 0 Å². The normalized spacial score (nSPS) is 22.8. The van der Waals surface area contributed by atoms with Gasteiger partial charge in [0, 0.05) is 5.92 Å². The van der Waals surface area contributed by atoms with Crippen LogP contribution in [0.15, 0.2) is 29.3 Å². The summed E-state index contributed by atoms with van der Waals surface area (Å²) >= 11 is 0. The summed E-state index contributed by atoms with van der Waals surface area (Å²) in [5.74, 6) is 2.13. The fraction of sp³-hybridized carbons (Fsp3) is 0.462. The van der Waals surface area contributed by atoms with Crippen LogP contribution < -0.4 is 10.5 Å². The molecule has 0 saturated heterocycles. The van der Waals surface area contributed by atoms with E-state index in [0.717, 1.165) is 24.4 Å². The van der Waals surface area contributed by atoms with Crippen molar-refractivity contribution in [3.8, 4) is 5.75 Å². The number of methoxy groups -OCH3 is 1. The van der Waals surface area contributed by atoms with Crippen molar-refractivity contribution in [1.82, 2.24) is 0 Å². The molecular weight excluding hydrogens is 236 g/mol. The average molecular weight is 255 g/mol. The molecule has 0 amide bonds. The van der Waals surface area contributed by atoms with Gasteiger partial charge in [0.1, 0.15) is 5.75 Å². The number of hydrogen-bond acceptors (Lipinski definition) is 3. The molecule has 0 spiro atoms. The lowest BCUT2D eigenvalue weighted by molar-refractivity contribution is 0.414. The predicted molar refractivity (Wildman–Crippen MR) is 73.1 cm³/mol. The molecule has 1 heterocycles. The summed E-state index contributed by atoms with van der Waals surface area (Å²) in [5, 5.41) is 0. The number of rotatable bonds is 3. The summed E-state index contributed by atoms with van der Waals surface area (Å²) in [6, 6.07) is 8.51. The number of halogens is 1. The monoisotopic (exact) mass is 254 g/mol. The first-order chi connectivity index (χ1) is 7.69. The maximum absolute atomic E-state index is 5.80. The van der Waals surface area contributed by atoms with Crippen LogP contribution in [-0.4, -0.2) is 19.0 Å². The maximum atomic E-state index is 5.80. The van der Waals surface area contributed by atoms with Crippen molar-refractivity contribution in [3.63, 3.8) is 0 Å². The van der Waals surface area contributed by atoms with Gasteiger partial charge >= 0.3 is 0 Å². The molecule has 0 aliphatic carbocycles. The summed E-state index contributed by atoms with van der Waals surface area (Å²) in [6.45, 7) is 2.13. The minimum atomic E-state index is 0. The first-order valence-corrected chi connectivity index (χ1v) is 5.65. The maximum Gasteiger partial charge on any atom is 0.118 e. The zero-order valence-electron chi connectivity index (χ0n) is 10.2. The fourth-order valence-corrected chi connectivity index (χ4v) is 2.08. The Labute approximate surface area is 108 Å². The molecule has 0 unspecified atom stereocenters. The summed E-state index contributed by atoms with van der Waals surface area (Å²) in [4.78, 5) is 4.47. The van der Waals surface area contributed by atoms with Crippen molar-refractivity contribution >= 4 is 18.2 Å². The van der Waals surface area contributed by atoms with Gasteiger partial charge in [0.05, 0.1) is 19.0 Å². The number of benzene rings is 1. The van der Waals surface area contributed by atoms with Crippen LogP contribution in [0.1, 0.15) is 18.9 Å². The SMILES string of the molecule is COc1ccc(C[C@H]2C[C@H](C)C(N)=N2)cc1.Cl. The van der Waals surface area contributed by atoms with E-state index in [0.29, 0.717) is 12.0 Å². The molecule has 1 aromatic carbocycles. The van der Waals surface area contributed by atoms with Gasteiger partial charge in [-0.15, -0.1) is 12.4 Å². The van der Waals surface area contributed by atoms with E-state index in [9.17, 15) is 0 Å². The molecule has 94 valence electrons. The predicted octanol–water partition coefficient (Wildman–Crippen LogP) is 2.43. The van der Waals surface area contributed by atoms with Crippen molar-refractivity contribution in [2.75, 3.05) is 7.11 Å². The van der Waals surface area contributed by atoms with Crippen molar-refractivity contribution in [3.05, 3.63) is 29.8 Å². The Kier molecular flexibility index (Phi) is 4.82. The van der Waals surface area contributed by atoms with E-state index >= 15 is 0 Å². The number of aliphatic imine (C=N–C) groups is 1. The minimum Gasteiger partial charge on any atom is -0.497 e. The number of amidine groups is 1. The van der Waals surface area contributed by atoms with E-state index in [-0.39, 0.29) is 12.4 Å². The van der Waals surface area contributed by atoms with Gasteiger partial charge in [0.25, 0.3) is 0 Å². The van der Waals surface area contributed by atoms with Gasteiger partial charge in [-0.3, -0.25) is 4.99 Å². The molecular formula is C13H19ClN2O. The second-order valence-electron chi connectivity index (χ2n) is 4.40. The van der Waals surface area contributed by atoms with Crippen LogP contribution in [0, 0.1) is 5.92 Å². The summed E-state index contributed by atoms with van der Waals surface area (Å²) in [7, 11) is 1.68. The Morgan fingerprint density at radius 3 is 2.47 bits per heavy atom. The van der Waals surface area contributed by atoms with E-state index < -0.39 is 0 Å². The number of nitrogens with two attached hydrogens (primary N) is 1. The van der Waals surface area contributed by atoms with Crippen molar-refractivity contribution < 1.29 is 4.74 Å². The topological polar surface area (TPSA) is 47.6 Å². The first kappa shape index (κ1) is 13.8. The van der Waals surface area contributed by atoms with E-state index in [1.807, 2.05) is 12.1 Å². The Bertz CT molecular complexity index is 389. The fourth-order valence-electron chi connectivity index (χ4n) is 2.08. The highest BCUT2D eigenvalue weighted by atomic mass is 35.5. The molecule has 0 bridgehead atoms. The second kappa shape index (κ2) is 5.92. The van der Waals surface area contributed by atoms with E-state index in [4.69, 9.17) is 10.5 Å². The van der Waals surface area contributed by atoms with Gasteiger partial charge in [-0.25, -0.2) is 0 Å². The van der Waals surface area contributed by atoms with Crippen LogP contribution in [0.2, 0.25) is 0 Å². The molecule has 17 heavy (non-hydrogen) atoms. The molecule has 0 radical (unpaired) electrons. The molecule has 2 atom stereocenters. The zero-order chi connectivity index (χ0) is 11.5. The van der Waals surface area contributed by atoms with Gasteiger partial charge in [-0.05, 0) is 30.5 Å². The van der Waals surface area contributed by atoms with E-state index in [2.05, 4.69) is 24.0 Å². The lowest BCUT2D eigenvalue weighted by Gasteiger charge is -2.08. The molecule has 3 nitrogen and oxygen atoms in total. The summed E-state index contributed by atoms with van der Waals surface area (Å²) in [6.07, 6.45) is 2.03. The van der Waals surface area contributed by atoms with Crippen molar-refractivity contribution in [1.29, 1.82) is 0 Å². The average Bonchev–Trinajstić information content (AvgIpc) is 2.59. The van der Waals surface area contributed by atoms with Gasteiger partial charge in [-0.1, -0.05) is 19.1 Å². The molecule has 0 fully saturated rings. The molecule has 1 aromatic rings. The molecule has 2 N–H and O–H groups in total. The third-order valence-electron chi connectivity index (χ3n) is 3.09. The number of ether oxygens (including phenoxy) is 1. The number of hydrogen-bond donors (Lipinski definition) is 1. The van der Waals surface area contributed by atoms with Gasteiger partial charge in [0.15, 0.2) is 0 Å². The lowest BCUT2D eigenvalue weighted by atomic mass is 10.00. The lowest BCUT2D eigenvalue weighted by Crippen LogP contribution is -2.15. The third kappa shape index (κ3) is 3.37. The Morgan fingerprint density at radius 1 is 1.35 bits per heavy atom.